The molecule has 0 aliphatic carbocycles. The summed E-state index contributed by atoms with van der Waals surface area (Å²) in [5, 5.41) is 3.34. The molecule has 0 amide bonds. The first-order chi connectivity index (χ1) is 6.59. The summed E-state index contributed by atoms with van der Waals surface area (Å²) in [5.41, 5.74) is 0. The summed E-state index contributed by atoms with van der Waals surface area (Å²) in [6, 6.07) is 0.854. The summed E-state index contributed by atoms with van der Waals surface area (Å²) >= 11 is 0. The minimum atomic E-state index is -0.200. The molecular formula is C10H20N2O2. The average Bonchev–Trinajstić information content (AvgIpc) is 2.15. The molecule has 1 unspecified atom stereocenters. The van der Waals surface area contributed by atoms with Gasteiger partial charge in [-0.1, -0.05) is 0 Å². The number of carbonyl (C=O) groups excluding carboxylic acids is 1. The van der Waals surface area contributed by atoms with Crippen LogP contribution >= 0.6 is 0 Å². The van der Waals surface area contributed by atoms with Crippen molar-refractivity contribution < 1.29 is 9.53 Å². The van der Waals surface area contributed by atoms with Gasteiger partial charge >= 0.3 is 5.97 Å². The maximum atomic E-state index is 10.6. The molecule has 0 aromatic rings. The normalized spacial score (nSPS) is 23.9. The predicted molar refractivity (Wildman–Crippen MR) is 55.1 cm³/mol. The zero-order chi connectivity index (χ0) is 10.6. The molecule has 1 rings (SSSR count). The van der Waals surface area contributed by atoms with Crippen molar-refractivity contribution in [3.8, 4) is 0 Å². The van der Waals surface area contributed by atoms with Gasteiger partial charge in [-0.2, -0.15) is 0 Å². The van der Waals surface area contributed by atoms with E-state index in [1.807, 2.05) is 0 Å². The summed E-state index contributed by atoms with van der Waals surface area (Å²) < 4.78 is 4.98. The Labute approximate surface area is 85.6 Å². The number of hydrogen-bond donors (Lipinski definition) is 1. The number of nitrogens with one attached hydrogen (secondary N) is 1. The second-order valence-electron chi connectivity index (χ2n) is 4.04. The van der Waals surface area contributed by atoms with Crippen LogP contribution in [0.15, 0.2) is 0 Å². The monoisotopic (exact) mass is 200 g/mol. The van der Waals surface area contributed by atoms with E-state index in [0.29, 0.717) is 12.6 Å². The van der Waals surface area contributed by atoms with Gasteiger partial charge in [0.05, 0.1) is 6.04 Å². The number of nitrogens with zero attached hydrogens (tertiary/aromatic N) is 1. The van der Waals surface area contributed by atoms with Crippen molar-refractivity contribution in [2.75, 3.05) is 26.2 Å². The van der Waals surface area contributed by atoms with Gasteiger partial charge in [-0.25, -0.2) is 0 Å². The van der Waals surface area contributed by atoms with E-state index in [1.165, 1.54) is 6.92 Å². The lowest BCUT2D eigenvalue weighted by molar-refractivity contribution is -0.142. The first-order valence-corrected chi connectivity index (χ1v) is 5.20. The van der Waals surface area contributed by atoms with Crippen molar-refractivity contribution in [2.45, 2.75) is 32.9 Å². The Morgan fingerprint density at radius 1 is 1.64 bits per heavy atom. The minimum Gasteiger partial charge on any atom is -0.464 e. The Morgan fingerprint density at radius 2 is 2.36 bits per heavy atom. The molecule has 82 valence electrons. The molecule has 4 heteroatoms. The summed E-state index contributed by atoms with van der Waals surface area (Å²) in [6.07, 6.45) is 0. The summed E-state index contributed by atoms with van der Waals surface area (Å²) in [7, 11) is 0. The van der Waals surface area contributed by atoms with Crippen molar-refractivity contribution in [1.29, 1.82) is 0 Å². The van der Waals surface area contributed by atoms with Crippen LogP contribution in [-0.4, -0.2) is 49.2 Å². The van der Waals surface area contributed by atoms with E-state index in [1.54, 1.807) is 0 Å². The van der Waals surface area contributed by atoms with Crippen LogP contribution in [0.5, 0.6) is 0 Å². The number of rotatable bonds is 3. The van der Waals surface area contributed by atoms with Crippen molar-refractivity contribution in [3.63, 3.8) is 0 Å². The van der Waals surface area contributed by atoms with E-state index < -0.39 is 0 Å². The smallest absolute Gasteiger partial charge is 0.302 e. The topological polar surface area (TPSA) is 41.6 Å². The molecule has 4 nitrogen and oxygen atoms in total. The second-order valence-corrected chi connectivity index (χ2v) is 4.04. The van der Waals surface area contributed by atoms with Gasteiger partial charge in [-0.15, -0.1) is 0 Å². The molecule has 1 aliphatic heterocycles. The van der Waals surface area contributed by atoms with Crippen LogP contribution in [0.1, 0.15) is 20.8 Å². The van der Waals surface area contributed by atoms with Gasteiger partial charge in [-0.05, 0) is 13.8 Å². The Hall–Kier alpha value is -0.610. The van der Waals surface area contributed by atoms with Gasteiger partial charge in [0, 0.05) is 32.6 Å². The third-order valence-electron chi connectivity index (χ3n) is 2.51. The molecule has 1 N–H and O–H groups in total. The molecule has 1 fully saturated rings. The van der Waals surface area contributed by atoms with E-state index in [0.717, 1.165) is 19.6 Å². The van der Waals surface area contributed by atoms with Gasteiger partial charge in [0.1, 0.15) is 6.61 Å². The van der Waals surface area contributed by atoms with Crippen LogP contribution in [0.2, 0.25) is 0 Å². The lowest BCUT2D eigenvalue weighted by atomic mass is 10.2. The lowest BCUT2D eigenvalue weighted by Gasteiger charge is -2.35. The maximum absolute atomic E-state index is 10.6. The SMILES string of the molecule is CC(=O)OCC1CN(C(C)C)CCN1. The second kappa shape index (κ2) is 5.32. The first-order valence-electron chi connectivity index (χ1n) is 5.20. The molecule has 0 bridgehead atoms. The largest absolute Gasteiger partial charge is 0.464 e. The van der Waals surface area contributed by atoms with E-state index in [9.17, 15) is 4.79 Å². The van der Waals surface area contributed by atoms with Crippen LogP contribution in [0.25, 0.3) is 0 Å². The Balaban J connectivity index is 2.29. The van der Waals surface area contributed by atoms with Crippen LogP contribution < -0.4 is 5.32 Å². The Kier molecular flexibility index (Phi) is 4.35. The summed E-state index contributed by atoms with van der Waals surface area (Å²) in [6.45, 7) is 9.33. The summed E-state index contributed by atoms with van der Waals surface area (Å²) in [5.74, 6) is -0.200. The molecule has 1 heterocycles. The van der Waals surface area contributed by atoms with Crippen LogP contribution in [0.3, 0.4) is 0 Å². The molecule has 0 aromatic heterocycles. The van der Waals surface area contributed by atoms with Gasteiger partial charge in [-0.3, -0.25) is 9.69 Å². The fourth-order valence-corrected chi connectivity index (χ4v) is 1.65. The molecule has 1 saturated heterocycles. The highest BCUT2D eigenvalue weighted by molar-refractivity contribution is 5.65. The summed E-state index contributed by atoms with van der Waals surface area (Å²) in [4.78, 5) is 13.0. The third kappa shape index (κ3) is 3.64. The molecular weight excluding hydrogens is 180 g/mol. The van der Waals surface area contributed by atoms with E-state index in [-0.39, 0.29) is 12.0 Å². The highest BCUT2D eigenvalue weighted by atomic mass is 16.5. The third-order valence-corrected chi connectivity index (χ3v) is 2.51. The Morgan fingerprint density at radius 3 is 2.93 bits per heavy atom. The standard InChI is InChI=1S/C10H20N2O2/c1-8(2)12-5-4-11-10(6-12)7-14-9(3)13/h8,10-11H,4-7H2,1-3H3. The van der Waals surface area contributed by atoms with Crippen molar-refractivity contribution in [1.82, 2.24) is 10.2 Å². The molecule has 1 aliphatic rings. The molecule has 14 heavy (non-hydrogen) atoms. The van der Waals surface area contributed by atoms with Gasteiger partial charge in [0.15, 0.2) is 0 Å². The van der Waals surface area contributed by atoms with Crippen molar-refractivity contribution in [2.24, 2.45) is 0 Å². The number of hydrogen-bond acceptors (Lipinski definition) is 4. The fraction of sp³-hybridized carbons (Fsp3) is 0.900. The van der Waals surface area contributed by atoms with Crippen LogP contribution in [-0.2, 0) is 9.53 Å². The van der Waals surface area contributed by atoms with Gasteiger partial charge in [0.2, 0.25) is 0 Å². The van der Waals surface area contributed by atoms with Gasteiger partial charge < -0.3 is 10.1 Å². The van der Waals surface area contributed by atoms with Crippen molar-refractivity contribution in [3.05, 3.63) is 0 Å². The van der Waals surface area contributed by atoms with Gasteiger partial charge in [0.25, 0.3) is 0 Å². The van der Waals surface area contributed by atoms with Crippen LogP contribution in [0.4, 0.5) is 0 Å². The average molecular weight is 200 g/mol. The maximum Gasteiger partial charge on any atom is 0.302 e. The molecule has 0 radical (unpaired) electrons. The van der Waals surface area contributed by atoms with E-state index in [2.05, 4.69) is 24.1 Å². The highest BCUT2D eigenvalue weighted by Crippen LogP contribution is 2.04. The van der Waals surface area contributed by atoms with E-state index in [4.69, 9.17) is 4.74 Å². The minimum absolute atomic E-state index is 0.200. The van der Waals surface area contributed by atoms with E-state index >= 15 is 0 Å². The molecule has 1 atom stereocenters. The highest BCUT2D eigenvalue weighted by Gasteiger charge is 2.21. The first kappa shape index (κ1) is 11.5. The van der Waals surface area contributed by atoms with Crippen molar-refractivity contribution >= 4 is 5.97 Å². The molecule has 0 aromatic carbocycles. The fourth-order valence-electron chi connectivity index (χ4n) is 1.65. The Bertz CT molecular complexity index is 195. The zero-order valence-electron chi connectivity index (χ0n) is 9.25. The predicted octanol–water partition coefficient (Wildman–Crippen LogP) is 0.232. The number of piperazine rings is 1. The van der Waals surface area contributed by atoms with Crippen LogP contribution in [0, 0.1) is 0 Å². The quantitative estimate of drug-likeness (QED) is 0.662. The molecule has 0 saturated carbocycles. The number of esters is 1. The zero-order valence-corrected chi connectivity index (χ0v) is 9.25. The number of carbonyl (C=O) groups is 1. The lowest BCUT2D eigenvalue weighted by Crippen LogP contribution is -2.54. The number of ether oxygens (including phenoxy) is 1. The molecule has 0 spiro atoms.